The third-order valence-corrected chi connectivity index (χ3v) is 23.9. The number of benzene rings is 13. The van der Waals surface area contributed by atoms with E-state index in [0.717, 1.165) is 51.7 Å². The van der Waals surface area contributed by atoms with Gasteiger partial charge < -0.3 is 9.80 Å². The first-order chi connectivity index (χ1) is 48.1. The van der Waals surface area contributed by atoms with Gasteiger partial charge in [0.25, 0.3) is 0 Å². The Labute approximate surface area is 585 Å². The van der Waals surface area contributed by atoms with Gasteiger partial charge in [-0.3, -0.25) is 0 Å². The standard InChI is InChI=1S/C94H74N2S2/c1-61-23-25-63(3)89(55-61)93(71-37-49-79(50-38-71)97-81-47-35-67-27-29-69(67)57-81)87-21-13-11-19-83(87)85-53-45-77(59-91(85)93)95(73-15-7-5-8-16-73)75-41-31-65(32-42-75)66-33-43-76(44-34-66)96(74-17-9-6-10-18-74)78-46-54-86-84-20-12-14-22-88(84)94(92(86)60-78,90-56-62(2)24-26-64(90)4)72-39-51-80(52-40-72)98-82-48-36-68-28-30-70(68)58-82/h5-26,31-35,37-47,49-60H,27-30,36,48H2,1-4H3. The van der Waals surface area contributed by atoms with E-state index >= 15 is 0 Å². The molecular weight excluding hydrogens is 1220 g/mol. The second-order valence-electron chi connectivity index (χ2n) is 27.5. The Kier molecular flexibility index (Phi) is 14.9. The molecule has 472 valence electrons. The van der Waals surface area contributed by atoms with Crippen LogP contribution in [0.4, 0.5) is 34.1 Å². The minimum atomic E-state index is -0.583. The number of allylic oxidation sites excluding steroid dienone is 4. The van der Waals surface area contributed by atoms with Gasteiger partial charge in [-0.05, 0) is 292 Å². The highest BCUT2D eigenvalue weighted by Gasteiger charge is 2.49. The van der Waals surface area contributed by atoms with Crippen LogP contribution in [0.2, 0.25) is 0 Å². The number of hydrogen-bond donors (Lipinski definition) is 0. The molecular formula is C94H74N2S2. The van der Waals surface area contributed by atoms with E-state index < -0.39 is 10.8 Å². The average Bonchev–Trinajstić information content (AvgIpc) is 1.50. The average molecular weight is 1300 g/mol. The highest BCUT2D eigenvalue weighted by Crippen LogP contribution is 2.61. The van der Waals surface area contributed by atoms with Crippen molar-refractivity contribution in [1.29, 1.82) is 0 Å². The number of anilines is 6. The number of hydrogen-bond acceptors (Lipinski definition) is 4. The summed E-state index contributed by atoms with van der Waals surface area (Å²) in [6.07, 6.45) is 9.72. The van der Waals surface area contributed by atoms with Crippen LogP contribution in [0.5, 0.6) is 0 Å². The van der Waals surface area contributed by atoms with Crippen LogP contribution in [0.1, 0.15) is 104 Å². The van der Waals surface area contributed by atoms with Crippen LogP contribution >= 0.6 is 23.5 Å². The first-order valence-corrected chi connectivity index (χ1v) is 36.4. The zero-order valence-corrected chi connectivity index (χ0v) is 57.5. The van der Waals surface area contributed by atoms with Crippen molar-refractivity contribution in [3.8, 4) is 33.4 Å². The van der Waals surface area contributed by atoms with Gasteiger partial charge in [-0.2, -0.15) is 0 Å². The van der Waals surface area contributed by atoms with Crippen molar-refractivity contribution >= 4 is 57.6 Å². The molecule has 0 fully saturated rings. The van der Waals surface area contributed by atoms with Gasteiger partial charge in [0, 0.05) is 48.8 Å². The minimum absolute atomic E-state index is 0.571. The van der Waals surface area contributed by atoms with Crippen LogP contribution in [-0.2, 0) is 23.7 Å². The molecule has 5 aliphatic rings. The summed E-state index contributed by atoms with van der Waals surface area (Å²) in [6.45, 7) is 9.07. The molecule has 0 spiro atoms. The summed E-state index contributed by atoms with van der Waals surface area (Å²) in [5.74, 6) is 0. The maximum atomic E-state index is 2.50. The molecule has 0 radical (unpaired) electrons. The number of rotatable bonds is 15. The third kappa shape index (κ3) is 10.0. The summed E-state index contributed by atoms with van der Waals surface area (Å²) in [5, 5.41) is 0. The van der Waals surface area contributed by atoms with Gasteiger partial charge in [0.05, 0.1) is 10.8 Å². The predicted molar refractivity (Wildman–Crippen MR) is 412 cm³/mol. The van der Waals surface area contributed by atoms with E-state index in [4.69, 9.17) is 0 Å². The maximum absolute atomic E-state index is 2.50. The lowest BCUT2D eigenvalue weighted by Crippen LogP contribution is -2.30. The van der Waals surface area contributed by atoms with Crippen LogP contribution in [0, 0.1) is 27.7 Å². The summed E-state index contributed by atoms with van der Waals surface area (Å²) in [5.41, 5.74) is 34.6. The summed E-state index contributed by atoms with van der Waals surface area (Å²) >= 11 is 3.81. The number of para-hydroxylation sites is 2. The monoisotopic (exact) mass is 1290 g/mol. The van der Waals surface area contributed by atoms with Gasteiger partial charge in [-0.1, -0.05) is 228 Å². The SMILES string of the molecule is Cc1ccc(C)c(C2(c3ccc(SC4=CC5=C(CC4)CC5)cc3)c3ccccc3-c3ccc(N(c4ccccc4)c4ccc(-c5ccc(N(c6ccccc6)c6ccc7c(c6)C(c6ccc(Sc8ccc9c(c8)CC9)cc6)(c6cc(C)ccc6C)c6ccccc6-7)cc5)cc4)cc32)c1. The molecule has 0 saturated carbocycles. The van der Waals surface area contributed by atoms with E-state index in [1.165, 1.54) is 152 Å². The molecule has 2 unspecified atom stereocenters. The van der Waals surface area contributed by atoms with Gasteiger partial charge in [0.2, 0.25) is 0 Å². The van der Waals surface area contributed by atoms with E-state index in [2.05, 4.69) is 341 Å². The second-order valence-corrected chi connectivity index (χ2v) is 29.9. The van der Waals surface area contributed by atoms with Crippen molar-refractivity contribution in [3.63, 3.8) is 0 Å². The zero-order valence-electron chi connectivity index (χ0n) is 55.8. The van der Waals surface area contributed by atoms with Crippen molar-refractivity contribution in [1.82, 2.24) is 0 Å². The summed E-state index contributed by atoms with van der Waals surface area (Å²) in [4.78, 5) is 10.2. The van der Waals surface area contributed by atoms with E-state index in [9.17, 15) is 0 Å². The fourth-order valence-electron chi connectivity index (χ4n) is 16.9. The Hall–Kier alpha value is -10.4. The van der Waals surface area contributed by atoms with Crippen LogP contribution in [0.15, 0.2) is 334 Å². The zero-order chi connectivity index (χ0) is 65.6. The summed E-state index contributed by atoms with van der Waals surface area (Å²) < 4.78 is 0. The third-order valence-electron chi connectivity index (χ3n) is 21.8. The van der Waals surface area contributed by atoms with E-state index in [1.807, 2.05) is 23.5 Å². The van der Waals surface area contributed by atoms with Crippen molar-refractivity contribution in [2.75, 3.05) is 9.80 Å². The fourth-order valence-corrected chi connectivity index (χ4v) is 18.7. The molecule has 13 aromatic carbocycles. The lowest BCUT2D eigenvalue weighted by atomic mass is 9.66. The first kappa shape index (κ1) is 60.1. The highest BCUT2D eigenvalue weighted by atomic mass is 32.2. The van der Waals surface area contributed by atoms with Crippen LogP contribution in [-0.4, -0.2) is 0 Å². The quantitative estimate of drug-likeness (QED) is 0.101. The fraction of sp³-hybridized carbons (Fsp3) is 0.128. The van der Waals surface area contributed by atoms with Gasteiger partial charge in [0.15, 0.2) is 0 Å². The lowest BCUT2D eigenvalue weighted by Gasteiger charge is -2.36. The first-order valence-electron chi connectivity index (χ1n) is 34.8. The number of thioether (sulfide) groups is 1. The Bertz CT molecular complexity index is 5360. The normalized spacial score (nSPS) is 16.7. The molecule has 0 N–H and O–H groups in total. The van der Waals surface area contributed by atoms with E-state index in [1.54, 1.807) is 11.1 Å². The Balaban J connectivity index is 0.706. The Morgan fingerprint density at radius 3 is 1.17 bits per heavy atom. The minimum Gasteiger partial charge on any atom is -0.310 e. The number of nitrogens with zero attached hydrogens (tertiary/aromatic N) is 2. The second kappa shape index (κ2) is 24.3. The van der Waals surface area contributed by atoms with Crippen molar-refractivity contribution < 1.29 is 0 Å². The molecule has 2 nitrogen and oxygen atoms in total. The molecule has 0 aliphatic heterocycles. The molecule has 18 rings (SSSR count). The lowest BCUT2D eigenvalue weighted by molar-refractivity contribution is 0.730. The largest absolute Gasteiger partial charge is 0.310 e. The molecule has 13 aromatic rings. The van der Waals surface area contributed by atoms with Crippen LogP contribution in [0.3, 0.4) is 0 Å². The van der Waals surface area contributed by atoms with Gasteiger partial charge in [-0.15, -0.1) is 0 Å². The van der Waals surface area contributed by atoms with Crippen molar-refractivity contribution in [3.05, 3.63) is 397 Å². The van der Waals surface area contributed by atoms with Gasteiger partial charge in [-0.25, -0.2) is 0 Å². The molecule has 2 atom stereocenters. The topological polar surface area (TPSA) is 6.48 Å². The molecule has 5 aliphatic carbocycles. The number of aryl methyl sites for hydroxylation is 6. The number of fused-ring (bicyclic) bond motifs is 7. The summed E-state index contributed by atoms with van der Waals surface area (Å²) in [7, 11) is 0. The molecule has 0 saturated heterocycles. The molecule has 0 amide bonds. The molecule has 4 heteroatoms. The highest BCUT2D eigenvalue weighted by molar-refractivity contribution is 8.03. The van der Waals surface area contributed by atoms with E-state index in [0.29, 0.717) is 0 Å². The molecule has 0 heterocycles. The Morgan fingerprint density at radius 1 is 0.286 bits per heavy atom. The van der Waals surface area contributed by atoms with Gasteiger partial charge in [0.1, 0.15) is 0 Å². The summed E-state index contributed by atoms with van der Waals surface area (Å²) in [6, 6.07) is 113. The molecule has 0 bridgehead atoms. The molecule has 0 aromatic heterocycles. The smallest absolute Gasteiger partial charge is 0.0716 e. The van der Waals surface area contributed by atoms with Crippen molar-refractivity contribution in [2.45, 2.75) is 91.7 Å². The van der Waals surface area contributed by atoms with E-state index in [-0.39, 0.29) is 0 Å². The van der Waals surface area contributed by atoms with Crippen molar-refractivity contribution in [2.24, 2.45) is 0 Å². The van der Waals surface area contributed by atoms with Crippen LogP contribution in [0.25, 0.3) is 33.4 Å². The maximum Gasteiger partial charge on any atom is 0.0716 e. The predicted octanol–water partition coefficient (Wildman–Crippen LogP) is 25.4. The Morgan fingerprint density at radius 2 is 0.714 bits per heavy atom. The molecule has 98 heavy (non-hydrogen) atoms. The van der Waals surface area contributed by atoms with Gasteiger partial charge >= 0.3 is 0 Å². The van der Waals surface area contributed by atoms with Crippen LogP contribution < -0.4 is 9.80 Å².